The number of unbranched alkanes of at least 4 members (excludes halogenated alkanes) is 5. The molecule has 162 valence electrons. The first-order valence-corrected chi connectivity index (χ1v) is 12.0. The number of benzene rings is 1. The molecular weight excluding hydrogens is 344 g/mol. The highest BCUT2D eigenvalue weighted by Crippen LogP contribution is 2.36. The van der Waals surface area contributed by atoms with E-state index in [1.165, 1.54) is 63.4 Å². The van der Waals surface area contributed by atoms with E-state index in [4.69, 9.17) is 9.47 Å². The van der Waals surface area contributed by atoms with Gasteiger partial charge in [-0.2, -0.15) is 0 Å². The average Bonchev–Trinajstić information content (AvgIpc) is 2.72. The van der Waals surface area contributed by atoms with Gasteiger partial charge in [0.1, 0.15) is 0 Å². The summed E-state index contributed by atoms with van der Waals surface area (Å²) in [5.74, 6) is -0.0192. The molecule has 1 rings (SSSR count). The number of hydrogen-bond acceptors (Lipinski definition) is 2. The Hall–Kier alpha value is -0.860. The summed E-state index contributed by atoms with van der Waals surface area (Å²) in [6, 6.07) is 10.8. The second kappa shape index (κ2) is 16.0. The van der Waals surface area contributed by atoms with Gasteiger partial charge in [0.2, 0.25) is 0 Å². The Morgan fingerprint density at radius 1 is 0.679 bits per heavy atom. The predicted octanol–water partition coefficient (Wildman–Crippen LogP) is 7.95. The Morgan fingerprint density at radius 2 is 1.29 bits per heavy atom. The van der Waals surface area contributed by atoms with E-state index in [0.29, 0.717) is 5.92 Å². The molecule has 1 aromatic rings. The van der Waals surface area contributed by atoms with Gasteiger partial charge in [-0.15, -0.1) is 0 Å². The zero-order chi connectivity index (χ0) is 20.5. The monoisotopic (exact) mass is 390 g/mol. The Labute approximate surface area is 175 Å². The molecule has 0 bridgehead atoms. The summed E-state index contributed by atoms with van der Waals surface area (Å²) in [5.41, 5.74) is 1.32. The van der Waals surface area contributed by atoms with E-state index >= 15 is 0 Å². The van der Waals surface area contributed by atoms with Crippen LogP contribution in [0.25, 0.3) is 0 Å². The van der Waals surface area contributed by atoms with Gasteiger partial charge in [-0.25, -0.2) is 0 Å². The molecule has 1 unspecified atom stereocenters. The summed E-state index contributed by atoms with van der Waals surface area (Å²) >= 11 is 0. The zero-order valence-electron chi connectivity index (χ0n) is 19.2. The molecule has 0 spiro atoms. The lowest BCUT2D eigenvalue weighted by molar-refractivity contribution is -0.269. The lowest BCUT2D eigenvalue weighted by atomic mass is 9.84. The van der Waals surface area contributed by atoms with Gasteiger partial charge in [-0.1, -0.05) is 103 Å². The molecule has 0 aliphatic carbocycles. The molecule has 0 saturated carbocycles. The summed E-state index contributed by atoms with van der Waals surface area (Å²) in [6.45, 7) is 10.5. The normalized spacial score (nSPS) is 13.0. The van der Waals surface area contributed by atoms with E-state index in [9.17, 15) is 0 Å². The van der Waals surface area contributed by atoms with Crippen LogP contribution in [0.4, 0.5) is 0 Å². The van der Waals surface area contributed by atoms with Crippen LogP contribution in [0.15, 0.2) is 30.3 Å². The number of rotatable bonds is 18. The summed E-state index contributed by atoms with van der Waals surface area (Å²) < 4.78 is 13.1. The zero-order valence-corrected chi connectivity index (χ0v) is 19.2. The van der Waals surface area contributed by atoms with Crippen molar-refractivity contribution < 1.29 is 9.47 Å². The molecule has 0 N–H and O–H groups in total. The van der Waals surface area contributed by atoms with Gasteiger partial charge in [-0.05, 0) is 31.2 Å². The molecule has 2 nitrogen and oxygen atoms in total. The first-order chi connectivity index (χ1) is 13.7. The minimum Gasteiger partial charge on any atom is -0.349 e. The SMILES string of the molecule is CCCCCCCCC(CCC)C(Cc1ccccc1)(OCCC)OCCC. The summed E-state index contributed by atoms with van der Waals surface area (Å²) in [6.07, 6.45) is 14.5. The van der Waals surface area contributed by atoms with Crippen molar-refractivity contribution in [2.24, 2.45) is 5.92 Å². The highest BCUT2D eigenvalue weighted by atomic mass is 16.7. The van der Waals surface area contributed by atoms with Crippen LogP contribution in [-0.2, 0) is 15.9 Å². The van der Waals surface area contributed by atoms with Crippen molar-refractivity contribution in [3.63, 3.8) is 0 Å². The van der Waals surface area contributed by atoms with Crippen molar-refractivity contribution in [3.8, 4) is 0 Å². The average molecular weight is 391 g/mol. The first-order valence-electron chi connectivity index (χ1n) is 12.0. The standard InChI is InChI=1S/C26H46O2/c1-5-9-10-11-12-16-20-25(17-6-2)26(27-21-7-3,28-22-8-4)23-24-18-14-13-15-19-24/h13-15,18-19,25H,5-12,16-17,20-23H2,1-4H3. The van der Waals surface area contributed by atoms with E-state index in [1.54, 1.807) is 0 Å². The summed E-state index contributed by atoms with van der Waals surface area (Å²) in [7, 11) is 0. The largest absolute Gasteiger partial charge is 0.349 e. The molecule has 0 saturated heterocycles. The van der Waals surface area contributed by atoms with Gasteiger partial charge >= 0.3 is 0 Å². The molecule has 0 aliphatic heterocycles. The quantitative estimate of drug-likeness (QED) is 0.187. The molecule has 0 amide bonds. The van der Waals surface area contributed by atoms with Crippen LogP contribution >= 0.6 is 0 Å². The first kappa shape index (κ1) is 25.2. The fraction of sp³-hybridized carbons (Fsp3) is 0.769. The molecule has 1 atom stereocenters. The highest BCUT2D eigenvalue weighted by molar-refractivity contribution is 5.17. The second-order valence-corrected chi connectivity index (χ2v) is 8.21. The van der Waals surface area contributed by atoms with Crippen LogP contribution in [-0.4, -0.2) is 19.0 Å². The Morgan fingerprint density at radius 3 is 1.86 bits per heavy atom. The smallest absolute Gasteiger partial charge is 0.175 e. The van der Waals surface area contributed by atoms with Crippen LogP contribution in [0.5, 0.6) is 0 Å². The van der Waals surface area contributed by atoms with E-state index in [0.717, 1.165) is 32.5 Å². The second-order valence-electron chi connectivity index (χ2n) is 8.21. The minimum absolute atomic E-state index is 0.460. The van der Waals surface area contributed by atoms with Gasteiger partial charge in [0.05, 0.1) is 0 Å². The van der Waals surface area contributed by atoms with Gasteiger partial charge < -0.3 is 9.47 Å². The van der Waals surface area contributed by atoms with Crippen LogP contribution in [0.3, 0.4) is 0 Å². The third-order valence-electron chi connectivity index (χ3n) is 5.56. The van der Waals surface area contributed by atoms with Crippen LogP contribution in [0.1, 0.15) is 104 Å². The third kappa shape index (κ3) is 9.56. The Bertz CT molecular complexity index is 449. The third-order valence-corrected chi connectivity index (χ3v) is 5.56. The van der Waals surface area contributed by atoms with Crippen molar-refractivity contribution in [1.82, 2.24) is 0 Å². The molecule has 0 aliphatic rings. The van der Waals surface area contributed by atoms with Crippen molar-refractivity contribution in [3.05, 3.63) is 35.9 Å². The molecular formula is C26H46O2. The molecule has 0 fully saturated rings. The number of ether oxygens (including phenoxy) is 2. The van der Waals surface area contributed by atoms with Gasteiger partial charge in [-0.3, -0.25) is 0 Å². The summed E-state index contributed by atoms with van der Waals surface area (Å²) in [4.78, 5) is 0. The maximum absolute atomic E-state index is 6.57. The topological polar surface area (TPSA) is 18.5 Å². The molecule has 28 heavy (non-hydrogen) atoms. The lowest BCUT2D eigenvalue weighted by Crippen LogP contribution is -2.46. The predicted molar refractivity (Wildman–Crippen MR) is 122 cm³/mol. The van der Waals surface area contributed by atoms with Crippen molar-refractivity contribution in [2.45, 2.75) is 111 Å². The van der Waals surface area contributed by atoms with Crippen LogP contribution in [0.2, 0.25) is 0 Å². The van der Waals surface area contributed by atoms with Crippen LogP contribution in [0, 0.1) is 5.92 Å². The molecule has 2 heteroatoms. The molecule has 1 aromatic carbocycles. The molecule has 0 aromatic heterocycles. The van der Waals surface area contributed by atoms with Crippen molar-refractivity contribution in [1.29, 1.82) is 0 Å². The maximum atomic E-state index is 6.57. The number of hydrogen-bond donors (Lipinski definition) is 0. The van der Waals surface area contributed by atoms with Gasteiger partial charge in [0, 0.05) is 25.6 Å². The molecule has 0 heterocycles. The summed E-state index contributed by atoms with van der Waals surface area (Å²) in [5, 5.41) is 0. The fourth-order valence-corrected chi connectivity index (χ4v) is 4.06. The van der Waals surface area contributed by atoms with Crippen molar-refractivity contribution >= 4 is 0 Å². The van der Waals surface area contributed by atoms with Gasteiger partial charge in [0.15, 0.2) is 5.79 Å². The van der Waals surface area contributed by atoms with Crippen molar-refractivity contribution in [2.75, 3.05) is 13.2 Å². The van der Waals surface area contributed by atoms with E-state index in [1.807, 2.05) is 0 Å². The maximum Gasteiger partial charge on any atom is 0.175 e. The van der Waals surface area contributed by atoms with Gasteiger partial charge in [0.25, 0.3) is 0 Å². The fourth-order valence-electron chi connectivity index (χ4n) is 4.06. The minimum atomic E-state index is -0.479. The Balaban J connectivity index is 2.92. The van der Waals surface area contributed by atoms with E-state index in [2.05, 4.69) is 58.0 Å². The lowest BCUT2D eigenvalue weighted by Gasteiger charge is -2.41. The highest BCUT2D eigenvalue weighted by Gasteiger charge is 2.40. The van der Waals surface area contributed by atoms with Crippen LogP contribution < -0.4 is 0 Å². The van der Waals surface area contributed by atoms with E-state index in [-0.39, 0.29) is 0 Å². The molecule has 0 radical (unpaired) electrons. The van der Waals surface area contributed by atoms with E-state index < -0.39 is 5.79 Å². The Kier molecular flexibility index (Phi) is 14.4.